The molecule has 1 aliphatic heterocycles. The molecule has 0 saturated heterocycles. The van der Waals surface area contributed by atoms with Gasteiger partial charge in [-0.05, 0) is 28.1 Å². The van der Waals surface area contributed by atoms with Crippen molar-refractivity contribution < 1.29 is 0 Å². The van der Waals surface area contributed by atoms with Crippen LogP contribution < -0.4 is 5.32 Å². The molecular weight excluding hydrogens is 234 g/mol. The molecule has 0 unspecified atom stereocenters. The number of rotatable bonds is 0. The molecule has 0 aliphatic carbocycles. The summed E-state index contributed by atoms with van der Waals surface area (Å²) in [5, 5.41) is 3.00. The molecule has 1 nitrogen and oxygen atoms in total. The number of halogens is 2. The van der Waals surface area contributed by atoms with Crippen molar-refractivity contribution in [1.82, 2.24) is 5.32 Å². The zero-order chi connectivity index (χ0) is 5.98. The Balaban J connectivity index is 2.59. The highest BCUT2D eigenvalue weighted by molar-refractivity contribution is 9.12. The average molecular weight is 238 g/mol. The van der Waals surface area contributed by atoms with E-state index in [0.29, 0.717) is 0 Å². The summed E-state index contributed by atoms with van der Waals surface area (Å²) in [6, 6.07) is 0. The molecule has 0 fully saturated rings. The first-order valence-electron chi connectivity index (χ1n) is 2.12. The van der Waals surface area contributed by atoms with E-state index in [0.717, 1.165) is 9.56 Å². The van der Waals surface area contributed by atoms with Crippen molar-refractivity contribution in [3.8, 4) is 0 Å². The maximum Gasteiger partial charge on any atom is 0.149 e. The van der Waals surface area contributed by atoms with Crippen molar-refractivity contribution in [3.63, 3.8) is 0 Å². The van der Waals surface area contributed by atoms with Crippen LogP contribution in [-0.4, -0.2) is 0 Å². The molecule has 43 valence electrons. The summed E-state index contributed by atoms with van der Waals surface area (Å²) in [7, 11) is 0. The highest BCUT2D eigenvalue weighted by Gasteiger charge is 2.02. The lowest BCUT2D eigenvalue weighted by Crippen LogP contribution is -2.11. The highest BCUT2D eigenvalue weighted by atomic mass is 79.9. The minimum absolute atomic E-state index is 0.979. The first-order chi connectivity index (χ1) is 3.79. The summed E-state index contributed by atoms with van der Waals surface area (Å²) < 4.78 is 0.979. The largest absolute Gasteiger partial charge is 0.358 e. The van der Waals surface area contributed by atoms with Gasteiger partial charge in [-0.15, -0.1) is 0 Å². The lowest BCUT2D eigenvalue weighted by atomic mass is 10.4. The number of dihydropyridines is 1. The lowest BCUT2D eigenvalue weighted by Gasteiger charge is -2.09. The van der Waals surface area contributed by atoms with E-state index in [4.69, 9.17) is 0 Å². The summed E-state index contributed by atoms with van der Waals surface area (Å²) in [6.45, 7) is 0. The smallest absolute Gasteiger partial charge is 0.149 e. The normalized spacial score (nSPS) is 20.0. The molecular formula is C5H4Br2N. The fourth-order valence-corrected chi connectivity index (χ4v) is 1.41. The van der Waals surface area contributed by atoms with Crippen molar-refractivity contribution >= 4 is 31.9 Å². The van der Waals surface area contributed by atoms with Crippen LogP contribution in [0.2, 0.25) is 0 Å². The van der Waals surface area contributed by atoms with Crippen LogP contribution in [0.1, 0.15) is 0 Å². The molecule has 0 amide bonds. The molecule has 1 radical (unpaired) electrons. The first kappa shape index (κ1) is 6.36. The molecule has 0 aromatic rings. The second kappa shape index (κ2) is 2.69. The Hall–Kier alpha value is 0.240. The van der Waals surface area contributed by atoms with E-state index in [-0.39, 0.29) is 0 Å². The zero-order valence-electron chi connectivity index (χ0n) is 3.99. The van der Waals surface area contributed by atoms with Crippen molar-refractivity contribution in [2.24, 2.45) is 0 Å². The molecule has 8 heavy (non-hydrogen) atoms. The van der Waals surface area contributed by atoms with Gasteiger partial charge in [-0.2, -0.15) is 0 Å². The predicted molar refractivity (Wildman–Crippen MR) is 41.5 cm³/mol. The van der Waals surface area contributed by atoms with E-state index in [1.807, 2.05) is 18.2 Å². The summed E-state index contributed by atoms with van der Waals surface area (Å²) >= 11 is 6.55. The molecule has 0 spiro atoms. The minimum Gasteiger partial charge on any atom is -0.358 e. The van der Waals surface area contributed by atoms with Gasteiger partial charge in [-0.1, -0.05) is 22.0 Å². The fourth-order valence-electron chi connectivity index (χ4n) is 0.414. The van der Waals surface area contributed by atoms with Crippen LogP contribution in [0, 0.1) is 4.95 Å². The molecule has 0 aromatic carbocycles. The van der Waals surface area contributed by atoms with Crippen molar-refractivity contribution in [2.45, 2.75) is 0 Å². The third kappa shape index (κ3) is 1.63. The SMILES string of the molecule is Br[C]1C=CC=C(Br)N1. The summed E-state index contributed by atoms with van der Waals surface area (Å²) in [5.74, 6) is 0. The average Bonchev–Trinajstić information content (AvgIpc) is 1.64. The fraction of sp³-hybridized carbons (Fsp3) is 0. The summed E-state index contributed by atoms with van der Waals surface area (Å²) in [5.41, 5.74) is 0. The Morgan fingerprint density at radius 2 is 2.12 bits per heavy atom. The topological polar surface area (TPSA) is 12.0 Å². The van der Waals surface area contributed by atoms with Crippen LogP contribution in [0.3, 0.4) is 0 Å². The third-order valence-electron chi connectivity index (χ3n) is 0.724. The number of hydrogen-bond donors (Lipinski definition) is 1. The zero-order valence-corrected chi connectivity index (χ0v) is 7.16. The molecule has 1 rings (SSSR count). The first-order valence-corrected chi connectivity index (χ1v) is 3.71. The van der Waals surface area contributed by atoms with E-state index in [1.54, 1.807) is 0 Å². The van der Waals surface area contributed by atoms with Crippen LogP contribution in [0.5, 0.6) is 0 Å². The van der Waals surface area contributed by atoms with Gasteiger partial charge < -0.3 is 5.32 Å². The van der Waals surface area contributed by atoms with Gasteiger partial charge in [0.15, 0.2) is 0 Å². The maximum absolute atomic E-state index is 3.28. The van der Waals surface area contributed by atoms with E-state index in [9.17, 15) is 0 Å². The Labute approximate surface area is 65.1 Å². The second-order valence-electron chi connectivity index (χ2n) is 1.35. The third-order valence-corrected chi connectivity index (χ3v) is 1.65. The molecule has 3 heteroatoms. The number of nitrogens with one attached hydrogen (secondary N) is 1. The van der Waals surface area contributed by atoms with Crippen LogP contribution >= 0.6 is 31.9 Å². The van der Waals surface area contributed by atoms with Crippen LogP contribution in [-0.2, 0) is 0 Å². The second-order valence-corrected chi connectivity index (χ2v) is 3.06. The van der Waals surface area contributed by atoms with E-state index in [2.05, 4.69) is 37.2 Å². The van der Waals surface area contributed by atoms with Gasteiger partial charge in [0.2, 0.25) is 0 Å². The molecule has 1 aliphatic rings. The van der Waals surface area contributed by atoms with Gasteiger partial charge >= 0.3 is 0 Å². The molecule has 0 aromatic heterocycles. The molecule has 0 saturated carbocycles. The van der Waals surface area contributed by atoms with Gasteiger partial charge in [0.25, 0.3) is 0 Å². The molecule has 0 atom stereocenters. The van der Waals surface area contributed by atoms with Crippen LogP contribution in [0.4, 0.5) is 0 Å². The van der Waals surface area contributed by atoms with Crippen molar-refractivity contribution in [1.29, 1.82) is 0 Å². The summed E-state index contributed by atoms with van der Waals surface area (Å²) in [6.07, 6.45) is 5.82. The van der Waals surface area contributed by atoms with Gasteiger partial charge in [-0.3, -0.25) is 0 Å². The van der Waals surface area contributed by atoms with E-state index >= 15 is 0 Å². The van der Waals surface area contributed by atoms with Gasteiger partial charge in [-0.25, -0.2) is 0 Å². The number of allylic oxidation sites excluding steroid dienone is 2. The minimum atomic E-state index is 0.979. The van der Waals surface area contributed by atoms with Crippen molar-refractivity contribution in [2.75, 3.05) is 0 Å². The van der Waals surface area contributed by atoms with Gasteiger partial charge in [0, 0.05) is 0 Å². The quantitative estimate of drug-likeness (QED) is 0.638. The maximum atomic E-state index is 3.28. The van der Waals surface area contributed by atoms with E-state index < -0.39 is 0 Å². The highest BCUT2D eigenvalue weighted by Crippen LogP contribution is 2.16. The Bertz CT molecular complexity index is 139. The summed E-state index contributed by atoms with van der Waals surface area (Å²) in [4.78, 5) is 0.979. The Morgan fingerprint density at radius 3 is 2.50 bits per heavy atom. The molecule has 1 N–H and O–H groups in total. The van der Waals surface area contributed by atoms with Crippen LogP contribution in [0.15, 0.2) is 22.8 Å². The Kier molecular flexibility index (Phi) is 2.14. The predicted octanol–water partition coefficient (Wildman–Crippen LogP) is 2.27. The van der Waals surface area contributed by atoms with Gasteiger partial charge in [0.1, 0.15) is 4.95 Å². The van der Waals surface area contributed by atoms with E-state index in [1.165, 1.54) is 0 Å². The molecule has 0 bridgehead atoms. The van der Waals surface area contributed by atoms with Crippen LogP contribution in [0.25, 0.3) is 0 Å². The standard InChI is InChI=1S/C5H4Br2N/c6-4-2-1-3-5(7)8-4/h1-3,8H. The number of hydrogen-bond acceptors (Lipinski definition) is 1. The lowest BCUT2D eigenvalue weighted by molar-refractivity contribution is 1.05. The van der Waals surface area contributed by atoms with Crippen molar-refractivity contribution in [3.05, 3.63) is 27.8 Å². The Morgan fingerprint density at radius 1 is 1.38 bits per heavy atom. The monoisotopic (exact) mass is 236 g/mol. The molecule has 1 heterocycles. The van der Waals surface area contributed by atoms with Gasteiger partial charge in [0.05, 0.1) is 4.61 Å².